The molecule has 1 N–H and O–H groups in total. The number of nitrogens with one attached hydrogen (secondary N) is 1. The van der Waals surface area contributed by atoms with E-state index in [0.29, 0.717) is 0 Å². The molecule has 0 unspecified atom stereocenters. The van der Waals surface area contributed by atoms with Gasteiger partial charge in [0.1, 0.15) is 24.0 Å². The molecule has 114 valence electrons. The maximum absolute atomic E-state index is 12.4. The van der Waals surface area contributed by atoms with Crippen LogP contribution in [0.5, 0.6) is 0 Å². The second-order valence-electron chi connectivity index (χ2n) is 7.21. The van der Waals surface area contributed by atoms with Crippen LogP contribution in [0.1, 0.15) is 41.0 Å². The molecule has 3 fully saturated rings. The van der Waals surface area contributed by atoms with Gasteiger partial charge >= 0.3 is 6.09 Å². The molecule has 20 heavy (non-hydrogen) atoms. The first-order chi connectivity index (χ1) is 9.18. The lowest BCUT2D eigenvalue weighted by Crippen LogP contribution is -2.58. The molecule has 0 aliphatic carbocycles. The summed E-state index contributed by atoms with van der Waals surface area (Å²) in [4.78, 5) is 14.2. The van der Waals surface area contributed by atoms with Crippen LogP contribution in [0, 0.1) is 0 Å². The summed E-state index contributed by atoms with van der Waals surface area (Å²) in [5.74, 6) is -0.578. The van der Waals surface area contributed by atoms with Gasteiger partial charge in [-0.2, -0.15) is 0 Å². The average Bonchev–Trinajstić information content (AvgIpc) is 2.68. The summed E-state index contributed by atoms with van der Waals surface area (Å²) in [6.07, 6.45) is 0.216. The fourth-order valence-electron chi connectivity index (χ4n) is 3.34. The molecule has 0 spiro atoms. The number of ether oxygens (including phenoxy) is 3. The number of nitrogens with zero attached hydrogens (tertiary/aromatic N) is 1. The highest BCUT2D eigenvalue weighted by Crippen LogP contribution is 2.42. The van der Waals surface area contributed by atoms with Gasteiger partial charge in [0.05, 0.1) is 6.04 Å². The lowest BCUT2D eigenvalue weighted by atomic mass is 10.1. The number of carbonyl (C=O) groups excluding carboxylic acids is 1. The molecule has 6 heteroatoms. The Morgan fingerprint density at radius 3 is 2.60 bits per heavy atom. The minimum absolute atomic E-state index is 0.0304. The highest BCUT2D eigenvalue weighted by molar-refractivity contribution is 5.70. The van der Waals surface area contributed by atoms with Gasteiger partial charge in [0.2, 0.25) is 0 Å². The highest BCUT2D eigenvalue weighted by atomic mass is 16.8. The lowest BCUT2D eigenvalue weighted by molar-refractivity contribution is -0.171. The molecule has 0 radical (unpaired) electrons. The van der Waals surface area contributed by atoms with Crippen molar-refractivity contribution in [1.82, 2.24) is 10.2 Å². The van der Waals surface area contributed by atoms with E-state index in [9.17, 15) is 4.79 Å². The number of hydrogen-bond acceptors (Lipinski definition) is 5. The lowest BCUT2D eigenvalue weighted by Gasteiger charge is -2.38. The molecule has 0 aromatic carbocycles. The van der Waals surface area contributed by atoms with Gasteiger partial charge in [-0.25, -0.2) is 4.79 Å². The SMILES string of the molecule is CC(C)(C)OC(=O)N1[C@@H]2NCC[C@H]1[C@@H]1OC(C)(C)O[C@@H]12. The zero-order valence-corrected chi connectivity index (χ0v) is 12.8. The van der Waals surface area contributed by atoms with E-state index in [1.54, 1.807) is 4.90 Å². The average molecular weight is 284 g/mol. The molecule has 3 saturated heterocycles. The molecule has 0 aromatic rings. The first-order valence-corrected chi connectivity index (χ1v) is 7.28. The smallest absolute Gasteiger partial charge is 0.411 e. The maximum atomic E-state index is 12.4. The standard InChI is InChI=1S/C14H24N2O4/c1-13(2,3)20-12(17)16-8-6-7-15-11(16)10-9(8)18-14(4,5)19-10/h8-11,15H,6-7H2,1-5H3/t8-,9-,10-,11-/m0/s1. The monoisotopic (exact) mass is 284 g/mol. The summed E-state index contributed by atoms with van der Waals surface area (Å²) < 4.78 is 17.5. The number of hydrogen-bond donors (Lipinski definition) is 1. The van der Waals surface area contributed by atoms with E-state index in [1.807, 2.05) is 34.6 Å². The molecule has 0 aromatic heterocycles. The molecule has 0 saturated carbocycles. The van der Waals surface area contributed by atoms with Crippen molar-refractivity contribution < 1.29 is 19.0 Å². The van der Waals surface area contributed by atoms with Crippen molar-refractivity contribution >= 4 is 6.09 Å². The van der Waals surface area contributed by atoms with Gasteiger partial charge < -0.3 is 14.2 Å². The first-order valence-electron chi connectivity index (χ1n) is 7.28. The Labute approximate surface area is 119 Å². The molecule has 3 heterocycles. The third-order valence-electron chi connectivity index (χ3n) is 3.91. The number of rotatable bonds is 0. The molecule has 1 amide bonds. The zero-order chi connectivity index (χ0) is 14.7. The molecular weight excluding hydrogens is 260 g/mol. The molecule has 3 aliphatic rings. The topological polar surface area (TPSA) is 60.0 Å². The largest absolute Gasteiger partial charge is 0.444 e. The summed E-state index contributed by atoms with van der Waals surface area (Å²) in [6, 6.07) is 0.0304. The van der Waals surface area contributed by atoms with Gasteiger partial charge in [-0.15, -0.1) is 0 Å². The third kappa shape index (κ3) is 2.29. The van der Waals surface area contributed by atoms with E-state index in [1.165, 1.54) is 0 Å². The van der Waals surface area contributed by atoms with Crippen LogP contribution < -0.4 is 5.32 Å². The van der Waals surface area contributed by atoms with E-state index in [0.717, 1.165) is 13.0 Å². The minimum atomic E-state index is -0.578. The molecule has 6 nitrogen and oxygen atoms in total. The van der Waals surface area contributed by atoms with Crippen molar-refractivity contribution in [1.29, 1.82) is 0 Å². The maximum Gasteiger partial charge on any atom is 0.411 e. The minimum Gasteiger partial charge on any atom is -0.444 e. The Kier molecular flexibility index (Phi) is 3.05. The van der Waals surface area contributed by atoms with Crippen LogP contribution in [-0.4, -0.2) is 53.3 Å². The quantitative estimate of drug-likeness (QED) is 0.729. The Bertz CT molecular complexity index is 396. The van der Waals surface area contributed by atoms with Crippen LogP contribution in [0.2, 0.25) is 0 Å². The molecular formula is C14H24N2O4. The zero-order valence-electron chi connectivity index (χ0n) is 12.8. The van der Waals surface area contributed by atoms with E-state index in [2.05, 4.69) is 5.32 Å². The van der Waals surface area contributed by atoms with E-state index in [4.69, 9.17) is 14.2 Å². The molecule has 4 atom stereocenters. The van der Waals surface area contributed by atoms with Crippen LogP contribution in [0.15, 0.2) is 0 Å². The van der Waals surface area contributed by atoms with Crippen molar-refractivity contribution in [2.75, 3.05) is 6.54 Å². The first kappa shape index (κ1) is 14.1. The predicted octanol–water partition coefficient (Wildman–Crippen LogP) is 1.45. The van der Waals surface area contributed by atoms with E-state index in [-0.39, 0.29) is 30.5 Å². The Morgan fingerprint density at radius 1 is 1.30 bits per heavy atom. The fraction of sp³-hybridized carbons (Fsp3) is 0.929. The molecule has 3 rings (SSSR count). The van der Waals surface area contributed by atoms with Crippen LogP contribution in [0.3, 0.4) is 0 Å². The fourth-order valence-corrected chi connectivity index (χ4v) is 3.34. The van der Waals surface area contributed by atoms with Crippen LogP contribution in [0.4, 0.5) is 4.79 Å². The summed E-state index contributed by atoms with van der Waals surface area (Å²) in [7, 11) is 0. The Morgan fingerprint density at radius 2 is 1.95 bits per heavy atom. The summed E-state index contributed by atoms with van der Waals surface area (Å²) in [5.41, 5.74) is -0.496. The second-order valence-corrected chi connectivity index (χ2v) is 7.21. The van der Waals surface area contributed by atoms with Gasteiger partial charge in [0.15, 0.2) is 5.79 Å². The van der Waals surface area contributed by atoms with Crippen LogP contribution >= 0.6 is 0 Å². The van der Waals surface area contributed by atoms with Gasteiger partial charge in [-0.3, -0.25) is 10.2 Å². The normalized spacial score (nSPS) is 38.8. The third-order valence-corrected chi connectivity index (χ3v) is 3.91. The van der Waals surface area contributed by atoms with Gasteiger partial charge in [0, 0.05) is 0 Å². The molecule has 2 bridgehead atoms. The molecule has 3 aliphatic heterocycles. The van der Waals surface area contributed by atoms with Crippen LogP contribution in [-0.2, 0) is 14.2 Å². The van der Waals surface area contributed by atoms with Gasteiger partial charge in [0.25, 0.3) is 0 Å². The van der Waals surface area contributed by atoms with E-state index < -0.39 is 11.4 Å². The van der Waals surface area contributed by atoms with Crippen molar-refractivity contribution in [3.63, 3.8) is 0 Å². The summed E-state index contributed by atoms with van der Waals surface area (Å²) >= 11 is 0. The summed E-state index contributed by atoms with van der Waals surface area (Å²) in [5, 5.41) is 3.36. The van der Waals surface area contributed by atoms with Crippen molar-refractivity contribution in [3.8, 4) is 0 Å². The van der Waals surface area contributed by atoms with Crippen molar-refractivity contribution in [3.05, 3.63) is 0 Å². The number of carbonyl (C=O) groups is 1. The van der Waals surface area contributed by atoms with Gasteiger partial charge in [-0.1, -0.05) is 0 Å². The second kappa shape index (κ2) is 4.32. The van der Waals surface area contributed by atoms with E-state index >= 15 is 0 Å². The summed E-state index contributed by atoms with van der Waals surface area (Å²) in [6.45, 7) is 10.3. The van der Waals surface area contributed by atoms with Crippen molar-refractivity contribution in [2.45, 2.75) is 76.8 Å². The number of amides is 1. The number of fused-ring (bicyclic) bond motifs is 5. The Hall–Kier alpha value is -0.850. The van der Waals surface area contributed by atoms with Crippen molar-refractivity contribution in [2.24, 2.45) is 0 Å². The van der Waals surface area contributed by atoms with Gasteiger partial charge in [-0.05, 0) is 47.6 Å². The Balaban J connectivity index is 1.80. The predicted molar refractivity (Wildman–Crippen MR) is 72.1 cm³/mol. The van der Waals surface area contributed by atoms with Crippen LogP contribution in [0.25, 0.3) is 0 Å². The highest BCUT2D eigenvalue weighted by Gasteiger charge is 2.61.